The number of benzene rings is 1. The van der Waals surface area contributed by atoms with Gasteiger partial charge >= 0.3 is 0 Å². The van der Waals surface area contributed by atoms with Gasteiger partial charge in [0.05, 0.1) is 0 Å². The Morgan fingerprint density at radius 3 is 2.23 bits per heavy atom. The zero-order valence-corrected chi connectivity index (χ0v) is 19.6. The van der Waals surface area contributed by atoms with Crippen LogP contribution in [0.5, 0.6) is 0 Å². The summed E-state index contributed by atoms with van der Waals surface area (Å²) in [6, 6.07) is 10.3. The van der Waals surface area contributed by atoms with E-state index in [0.717, 1.165) is 25.1 Å². The molecule has 0 amide bonds. The summed E-state index contributed by atoms with van der Waals surface area (Å²) in [6.45, 7) is 6.86. The topological polar surface area (TPSA) is 42.9 Å². The van der Waals surface area contributed by atoms with Crippen molar-refractivity contribution in [2.45, 2.75) is 89.4 Å². The smallest absolute Gasteiger partial charge is 0.191 e. The van der Waals surface area contributed by atoms with E-state index in [2.05, 4.69) is 49.7 Å². The maximum absolute atomic E-state index is 4.52. The van der Waals surface area contributed by atoms with Crippen molar-refractivity contribution in [3.05, 3.63) is 35.4 Å². The molecule has 5 heteroatoms. The Morgan fingerprint density at radius 2 is 1.55 bits per heavy atom. The molecule has 2 N–H and O–H groups in total. The molecule has 0 aromatic heterocycles. The molecule has 2 aliphatic heterocycles. The molecule has 1 saturated carbocycles. The Kier molecular flexibility index (Phi) is 8.65. The molecule has 0 unspecified atom stereocenters. The van der Waals surface area contributed by atoms with E-state index < -0.39 is 0 Å². The second-order valence-corrected chi connectivity index (χ2v) is 9.78. The van der Waals surface area contributed by atoms with Gasteiger partial charge in [-0.1, -0.05) is 49.9 Å². The van der Waals surface area contributed by atoms with E-state index >= 15 is 0 Å². The minimum Gasteiger partial charge on any atom is -0.354 e. The van der Waals surface area contributed by atoms with Gasteiger partial charge in [-0.2, -0.15) is 0 Å². The lowest BCUT2D eigenvalue weighted by Crippen LogP contribution is -2.50. The third-order valence-corrected chi connectivity index (χ3v) is 7.59. The highest BCUT2D eigenvalue weighted by atomic mass is 15.2. The third kappa shape index (κ3) is 6.69. The molecule has 0 radical (unpaired) electrons. The molecule has 1 aromatic rings. The third-order valence-electron chi connectivity index (χ3n) is 7.59. The van der Waals surface area contributed by atoms with Gasteiger partial charge in [0.2, 0.25) is 0 Å². The Bertz CT molecular complexity index is 681. The van der Waals surface area contributed by atoms with E-state index in [1.807, 2.05) is 7.05 Å². The average Bonchev–Trinajstić information content (AvgIpc) is 3.23. The van der Waals surface area contributed by atoms with Crippen molar-refractivity contribution >= 4 is 5.96 Å². The van der Waals surface area contributed by atoms with Crippen molar-refractivity contribution < 1.29 is 0 Å². The number of hydrogen-bond acceptors (Lipinski definition) is 3. The first-order valence-electron chi connectivity index (χ1n) is 12.8. The summed E-state index contributed by atoms with van der Waals surface area (Å²) < 4.78 is 0. The van der Waals surface area contributed by atoms with Crippen LogP contribution in [0.1, 0.15) is 75.3 Å². The van der Waals surface area contributed by atoms with E-state index in [1.54, 1.807) is 0 Å². The quantitative estimate of drug-likeness (QED) is 0.531. The number of nitrogens with zero attached hydrogens (tertiary/aromatic N) is 3. The molecular weight excluding hydrogens is 382 g/mol. The fourth-order valence-corrected chi connectivity index (χ4v) is 5.66. The predicted molar refractivity (Wildman–Crippen MR) is 130 cm³/mol. The van der Waals surface area contributed by atoms with Gasteiger partial charge in [-0.25, -0.2) is 0 Å². The van der Waals surface area contributed by atoms with Crippen LogP contribution in [0.25, 0.3) is 0 Å². The van der Waals surface area contributed by atoms with Gasteiger partial charge in [-0.3, -0.25) is 9.89 Å². The van der Waals surface area contributed by atoms with Gasteiger partial charge < -0.3 is 15.5 Å². The minimum absolute atomic E-state index is 0.538. The maximum atomic E-state index is 4.52. The molecule has 2 heterocycles. The first kappa shape index (κ1) is 22.6. The lowest BCUT2D eigenvalue weighted by Gasteiger charge is -2.36. The number of guanidine groups is 1. The molecule has 172 valence electrons. The standard InChI is InChI=1S/C26H43N5/c1-27-26(29-24-14-18-31(19-15-24)25-12-6-7-13-25)28-20-22-10-4-5-11-23(22)21-30-16-8-2-3-9-17-30/h4-5,10-11,24-25H,2-3,6-9,12-21H2,1H3,(H2,27,28,29). The van der Waals surface area contributed by atoms with E-state index in [4.69, 9.17) is 0 Å². The number of rotatable bonds is 6. The van der Waals surface area contributed by atoms with Crippen molar-refractivity contribution in [2.75, 3.05) is 33.2 Å². The monoisotopic (exact) mass is 425 g/mol. The van der Waals surface area contributed by atoms with Gasteiger partial charge in [0.1, 0.15) is 0 Å². The summed E-state index contributed by atoms with van der Waals surface area (Å²) >= 11 is 0. The molecule has 31 heavy (non-hydrogen) atoms. The zero-order chi connectivity index (χ0) is 21.3. The molecule has 0 atom stereocenters. The highest BCUT2D eigenvalue weighted by molar-refractivity contribution is 5.80. The summed E-state index contributed by atoms with van der Waals surface area (Å²) in [5.74, 6) is 0.948. The van der Waals surface area contributed by atoms with Crippen molar-refractivity contribution in [3.8, 4) is 0 Å². The van der Waals surface area contributed by atoms with Crippen molar-refractivity contribution in [3.63, 3.8) is 0 Å². The van der Waals surface area contributed by atoms with Crippen LogP contribution in [0, 0.1) is 0 Å². The van der Waals surface area contributed by atoms with Crippen LogP contribution in [-0.4, -0.2) is 61.1 Å². The Labute approximate surface area is 189 Å². The van der Waals surface area contributed by atoms with E-state index in [1.165, 1.54) is 102 Å². The summed E-state index contributed by atoms with van der Waals surface area (Å²) in [6.07, 6.45) is 13.6. The van der Waals surface area contributed by atoms with Gasteiger partial charge in [0.25, 0.3) is 0 Å². The second kappa shape index (κ2) is 11.9. The van der Waals surface area contributed by atoms with Crippen molar-refractivity contribution in [2.24, 2.45) is 4.99 Å². The summed E-state index contributed by atoms with van der Waals surface area (Å²) in [5, 5.41) is 7.29. The van der Waals surface area contributed by atoms with Gasteiger partial charge in [-0.05, 0) is 62.7 Å². The van der Waals surface area contributed by atoms with Crippen LogP contribution in [-0.2, 0) is 13.1 Å². The van der Waals surface area contributed by atoms with E-state index in [0.29, 0.717) is 6.04 Å². The summed E-state index contributed by atoms with van der Waals surface area (Å²) in [5.41, 5.74) is 2.85. The lowest BCUT2D eigenvalue weighted by atomic mass is 10.0. The summed E-state index contributed by atoms with van der Waals surface area (Å²) in [7, 11) is 1.89. The largest absolute Gasteiger partial charge is 0.354 e. The van der Waals surface area contributed by atoms with Crippen LogP contribution in [0.4, 0.5) is 0 Å². The first-order chi connectivity index (χ1) is 15.3. The minimum atomic E-state index is 0.538. The summed E-state index contributed by atoms with van der Waals surface area (Å²) in [4.78, 5) is 9.89. The fourth-order valence-electron chi connectivity index (χ4n) is 5.66. The molecule has 2 saturated heterocycles. The Morgan fingerprint density at radius 1 is 0.871 bits per heavy atom. The van der Waals surface area contributed by atoms with Crippen LogP contribution >= 0.6 is 0 Å². The molecule has 4 rings (SSSR count). The van der Waals surface area contributed by atoms with Crippen LogP contribution in [0.3, 0.4) is 0 Å². The van der Waals surface area contributed by atoms with Crippen LogP contribution in [0.2, 0.25) is 0 Å². The number of aliphatic imine (C=N–C) groups is 1. The molecule has 1 aliphatic carbocycles. The molecule has 3 aliphatic rings. The van der Waals surface area contributed by atoms with E-state index in [9.17, 15) is 0 Å². The van der Waals surface area contributed by atoms with Crippen molar-refractivity contribution in [1.82, 2.24) is 20.4 Å². The number of nitrogens with one attached hydrogen (secondary N) is 2. The molecular formula is C26H43N5. The van der Waals surface area contributed by atoms with Gasteiger partial charge in [0, 0.05) is 45.3 Å². The van der Waals surface area contributed by atoms with Gasteiger partial charge in [0.15, 0.2) is 5.96 Å². The van der Waals surface area contributed by atoms with Crippen LogP contribution < -0.4 is 10.6 Å². The predicted octanol–water partition coefficient (Wildman–Crippen LogP) is 4.13. The molecule has 0 spiro atoms. The first-order valence-corrected chi connectivity index (χ1v) is 12.8. The Balaban J connectivity index is 1.25. The second-order valence-electron chi connectivity index (χ2n) is 9.78. The molecule has 0 bridgehead atoms. The number of hydrogen-bond donors (Lipinski definition) is 2. The molecule has 1 aromatic carbocycles. The normalized spacial score (nSPS) is 23.1. The molecule has 5 nitrogen and oxygen atoms in total. The van der Waals surface area contributed by atoms with Crippen molar-refractivity contribution in [1.29, 1.82) is 0 Å². The average molecular weight is 426 g/mol. The van der Waals surface area contributed by atoms with E-state index in [-0.39, 0.29) is 0 Å². The number of likely N-dealkylation sites (tertiary alicyclic amines) is 2. The van der Waals surface area contributed by atoms with Gasteiger partial charge in [-0.15, -0.1) is 0 Å². The fraction of sp³-hybridized carbons (Fsp3) is 0.731. The highest BCUT2D eigenvalue weighted by Crippen LogP contribution is 2.26. The number of piperidine rings is 1. The Hall–Kier alpha value is -1.59. The maximum Gasteiger partial charge on any atom is 0.191 e. The SMILES string of the molecule is CN=C(NCc1ccccc1CN1CCCCCC1)NC1CCN(C2CCCC2)CC1. The highest BCUT2D eigenvalue weighted by Gasteiger charge is 2.27. The molecule has 3 fully saturated rings. The lowest BCUT2D eigenvalue weighted by molar-refractivity contribution is 0.150. The van der Waals surface area contributed by atoms with Crippen LogP contribution in [0.15, 0.2) is 29.3 Å². The zero-order valence-electron chi connectivity index (χ0n) is 19.6.